The van der Waals surface area contributed by atoms with Gasteiger partial charge in [0.05, 0.1) is 11.1 Å². The second-order valence-electron chi connectivity index (χ2n) is 2.49. The normalized spacial score (nSPS) is 23.6. The van der Waals surface area contributed by atoms with Crippen molar-refractivity contribution < 1.29 is 4.79 Å². The van der Waals surface area contributed by atoms with Crippen molar-refractivity contribution in [2.24, 2.45) is 0 Å². The monoisotopic (exact) mass is 200 g/mol. The van der Waals surface area contributed by atoms with Crippen molar-refractivity contribution in [1.82, 2.24) is 4.98 Å². The van der Waals surface area contributed by atoms with Crippen LogP contribution in [0, 0.1) is 0 Å². The molecular weight excluding hydrogens is 192 g/mol. The van der Waals surface area contributed by atoms with Gasteiger partial charge >= 0.3 is 0 Å². The van der Waals surface area contributed by atoms with Gasteiger partial charge in [-0.25, -0.2) is 4.98 Å². The molecule has 1 saturated heterocycles. The minimum absolute atomic E-state index is 0.169. The van der Waals surface area contributed by atoms with Crippen LogP contribution in [-0.4, -0.2) is 22.0 Å². The van der Waals surface area contributed by atoms with Crippen LogP contribution in [0.3, 0.4) is 0 Å². The van der Waals surface area contributed by atoms with Gasteiger partial charge in [-0.2, -0.15) is 0 Å². The highest BCUT2D eigenvalue weighted by Crippen LogP contribution is 2.30. The lowest BCUT2D eigenvalue weighted by Crippen LogP contribution is -2.30. The fourth-order valence-corrected chi connectivity index (χ4v) is 2.83. The van der Waals surface area contributed by atoms with Gasteiger partial charge in [0.15, 0.2) is 5.13 Å². The maximum absolute atomic E-state index is 11.4. The SMILES string of the molecule is CC1SCC(=O)N1c1nccs1. The smallest absolute Gasteiger partial charge is 0.239 e. The molecule has 1 amide bonds. The van der Waals surface area contributed by atoms with Crippen molar-refractivity contribution in [2.45, 2.75) is 12.3 Å². The highest BCUT2D eigenvalue weighted by atomic mass is 32.2. The molecule has 0 saturated carbocycles. The Hall–Kier alpha value is -0.550. The van der Waals surface area contributed by atoms with Crippen LogP contribution in [0.4, 0.5) is 5.13 Å². The Balaban J connectivity index is 2.28. The zero-order valence-corrected chi connectivity index (χ0v) is 8.19. The van der Waals surface area contributed by atoms with Gasteiger partial charge in [-0.3, -0.25) is 9.69 Å². The molecule has 1 fully saturated rings. The van der Waals surface area contributed by atoms with E-state index >= 15 is 0 Å². The Morgan fingerprint density at radius 1 is 1.75 bits per heavy atom. The first-order valence-electron chi connectivity index (χ1n) is 3.62. The number of rotatable bonds is 1. The first kappa shape index (κ1) is 8.07. The van der Waals surface area contributed by atoms with E-state index in [1.807, 2.05) is 12.3 Å². The number of amides is 1. The molecule has 0 aliphatic carbocycles. The summed E-state index contributed by atoms with van der Waals surface area (Å²) >= 11 is 3.16. The van der Waals surface area contributed by atoms with Crippen LogP contribution in [0.2, 0.25) is 0 Å². The molecule has 64 valence electrons. The van der Waals surface area contributed by atoms with Crippen LogP contribution < -0.4 is 4.90 Å². The lowest BCUT2D eigenvalue weighted by atomic mass is 10.5. The molecule has 0 aromatic carbocycles. The van der Waals surface area contributed by atoms with Gasteiger partial charge in [0.25, 0.3) is 0 Å². The summed E-state index contributed by atoms with van der Waals surface area (Å²) in [5.74, 6) is 0.753. The van der Waals surface area contributed by atoms with Crippen molar-refractivity contribution in [1.29, 1.82) is 0 Å². The topological polar surface area (TPSA) is 33.2 Å². The summed E-state index contributed by atoms with van der Waals surface area (Å²) in [6, 6.07) is 0. The Morgan fingerprint density at radius 2 is 2.58 bits per heavy atom. The third-order valence-corrected chi connectivity index (χ3v) is 3.58. The highest BCUT2D eigenvalue weighted by Gasteiger charge is 2.30. The van der Waals surface area contributed by atoms with E-state index in [1.54, 1.807) is 22.9 Å². The molecule has 5 heteroatoms. The first-order valence-corrected chi connectivity index (χ1v) is 5.55. The largest absolute Gasteiger partial charge is 0.275 e. The predicted molar refractivity (Wildman–Crippen MR) is 51.5 cm³/mol. The summed E-state index contributed by atoms with van der Waals surface area (Å²) in [4.78, 5) is 17.2. The second kappa shape index (κ2) is 3.06. The number of nitrogens with zero attached hydrogens (tertiary/aromatic N) is 2. The standard InChI is InChI=1S/C7H8N2OS2/c1-5-9(6(10)4-12-5)7-8-2-3-11-7/h2-3,5H,4H2,1H3. The Labute approximate surface area is 78.8 Å². The highest BCUT2D eigenvalue weighted by molar-refractivity contribution is 8.01. The lowest BCUT2D eigenvalue weighted by Gasteiger charge is -2.16. The van der Waals surface area contributed by atoms with Crippen LogP contribution in [0.1, 0.15) is 6.92 Å². The minimum Gasteiger partial charge on any atom is -0.275 e. The first-order chi connectivity index (χ1) is 5.79. The number of carbonyl (C=O) groups excluding carboxylic acids is 1. The number of thioether (sulfide) groups is 1. The number of carbonyl (C=O) groups is 1. The van der Waals surface area contributed by atoms with Crippen LogP contribution in [0.5, 0.6) is 0 Å². The fraction of sp³-hybridized carbons (Fsp3) is 0.429. The molecule has 1 aliphatic heterocycles. The summed E-state index contributed by atoms with van der Waals surface area (Å²) in [5.41, 5.74) is 0. The van der Waals surface area contributed by atoms with Gasteiger partial charge in [-0.05, 0) is 6.92 Å². The van der Waals surface area contributed by atoms with E-state index in [0.717, 1.165) is 5.13 Å². The van der Waals surface area contributed by atoms with Crippen LogP contribution in [0.25, 0.3) is 0 Å². The zero-order chi connectivity index (χ0) is 8.55. The average Bonchev–Trinajstić information content (AvgIpc) is 2.61. The third kappa shape index (κ3) is 1.23. The van der Waals surface area contributed by atoms with Gasteiger partial charge in [0.2, 0.25) is 5.91 Å². The van der Waals surface area contributed by atoms with Gasteiger partial charge in [-0.15, -0.1) is 23.1 Å². The van der Waals surface area contributed by atoms with Crippen molar-refractivity contribution in [3.05, 3.63) is 11.6 Å². The minimum atomic E-state index is 0.169. The van der Waals surface area contributed by atoms with E-state index in [0.29, 0.717) is 5.75 Å². The summed E-state index contributed by atoms with van der Waals surface area (Å²) in [7, 11) is 0. The van der Waals surface area contributed by atoms with E-state index < -0.39 is 0 Å². The van der Waals surface area contributed by atoms with Crippen LogP contribution >= 0.6 is 23.1 Å². The van der Waals surface area contributed by atoms with Crippen molar-refractivity contribution in [3.63, 3.8) is 0 Å². The van der Waals surface area contributed by atoms with Crippen molar-refractivity contribution >= 4 is 34.1 Å². The maximum atomic E-state index is 11.4. The molecule has 12 heavy (non-hydrogen) atoms. The molecule has 1 unspecified atom stereocenters. The molecule has 1 aromatic rings. The Morgan fingerprint density at radius 3 is 3.08 bits per heavy atom. The van der Waals surface area contributed by atoms with E-state index in [2.05, 4.69) is 4.98 Å². The Kier molecular flexibility index (Phi) is 2.06. The molecule has 0 radical (unpaired) electrons. The summed E-state index contributed by atoms with van der Waals surface area (Å²) in [6.07, 6.45) is 1.73. The quantitative estimate of drug-likeness (QED) is 0.690. The molecular formula is C7H8N2OS2. The number of thiazole rings is 1. The average molecular weight is 200 g/mol. The molecule has 0 bridgehead atoms. The summed E-state index contributed by atoms with van der Waals surface area (Å²) in [5, 5.41) is 2.94. The van der Waals surface area contributed by atoms with Gasteiger partial charge in [0, 0.05) is 11.6 Å². The van der Waals surface area contributed by atoms with Gasteiger partial charge < -0.3 is 0 Å². The Bertz CT molecular complexity index is 286. The van der Waals surface area contributed by atoms with E-state index in [9.17, 15) is 4.79 Å². The van der Waals surface area contributed by atoms with Gasteiger partial charge in [0.1, 0.15) is 0 Å². The zero-order valence-electron chi connectivity index (χ0n) is 6.56. The predicted octanol–water partition coefficient (Wildman–Crippen LogP) is 1.57. The molecule has 0 N–H and O–H groups in total. The number of anilines is 1. The molecule has 0 spiro atoms. The molecule has 1 atom stereocenters. The van der Waals surface area contributed by atoms with Crippen LogP contribution in [0.15, 0.2) is 11.6 Å². The molecule has 2 heterocycles. The molecule has 3 nitrogen and oxygen atoms in total. The lowest BCUT2D eigenvalue weighted by molar-refractivity contribution is -0.115. The number of hydrogen-bond donors (Lipinski definition) is 0. The van der Waals surface area contributed by atoms with Gasteiger partial charge in [-0.1, -0.05) is 0 Å². The summed E-state index contributed by atoms with van der Waals surface area (Å²) in [6.45, 7) is 2.02. The molecule has 2 rings (SSSR count). The number of aromatic nitrogens is 1. The van der Waals surface area contributed by atoms with E-state index in [4.69, 9.17) is 0 Å². The van der Waals surface area contributed by atoms with Crippen molar-refractivity contribution in [3.8, 4) is 0 Å². The van der Waals surface area contributed by atoms with E-state index in [-0.39, 0.29) is 11.3 Å². The molecule has 1 aromatic heterocycles. The third-order valence-electron chi connectivity index (χ3n) is 1.71. The number of hydrogen-bond acceptors (Lipinski definition) is 4. The maximum Gasteiger partial charge on any atom is 0.239 e. The second-order valence-corrected chi connectivity index (χ2v) is 4.67. The summed E-state index contributed by atoms with van der Waals surface area (Å²) < 4.78 is 0. The van der Waals surface area contributed by atoms with E-state index in [1.165, 1.54) is 11.3 Å². The fourth-order valence-electron chi connectivity index (χ4n) is 1.14. The van der Waals surface area contributed by atoms with Crippen molar-refractivity contribution in [2.75, 3.05) is 10.7 Å². The van der Waals surface area contributed by atoms with Crippen LogP contribution in [-0.2, 0) is 4.79 Å². The molecule has 1 aliphatic rings.